The molecule has 1 heterocycles. The van der Waals surface area contributed by atoms with Crippen LogP contribution >= 0.6 is 11.6 Å². The number of nitrogens with one attached hydrogen (secondary N) is 1. The van der Waals surface area contributed by atoms with Crippen LogP contribution in [0, 0.1) is 13.8 Å². The van der Waals surface area contributed by atoms with Crippen molar-refractivity contribution in [3.05, 3.63) is 52.3 Å². The van der Waals surface area contributed by atoms with E-state index in [9.17, 15) is 9.59 Å². The molecule has 128 valence electrons. The average Bonchev–Trinajstić information content (AvgIpc) is 2.77. The van der Waals surface area contributed by atoms with Crippen molar-refractivity contribution in [2.24, 2.45) is 7.05 Å². The molecular weight excluding hydrogens is 326 g/mol. The van der Waals surface area contributed by atoms with E-state index in [0.717, 1.165) is 11.4 Å². The molecule has 1 aromatic carbocycles. The number of para-hydroxylation sites is 1. The van der Waals surface area contributed by atoms with Crippen LogP contribution in [0.2, 0.25) is 5.02 Å². The number of rotatable bonds is 6. The third kappa shape index (κ3) is 4.24. The van der Waals surface area contributed by atoms with E-state index in [4.69, 9.17) is 11.6 Å². The molecule has 0 radical (unpaired) electrons. The van der Waals surface area contributed by atoms with E-state index in [0.29, 0.717) is 16.3 Å². The van der Waals surface area contributed by atoms with Gasteiger partial charge in [-0.25, -0.2) is 0 Å². The van der Waals surface area contributed by atoms with Crippen molar-refractivity contribution < 1.29 is 9.59 Å². The van der Waals surface area contributed by atoms with Crippen molar-refractivity contribution in [3.8, 4) is 0 Å². The number of Topliss-reactive ketones (excluding diaryl/α,β-unsaturated/α-hetero) is 1. The maximum atomic E-state index is 12.4. The molecule has 0 atom stereocenters. The van der Waals surface area contributed by atoms with Gasteiger partial charge in [-0.15, -0.1) is 0 Å². The highest BCUT2D eigenvalue weighted by molar-refractivity contribution is 6.33. The highest BCUT2D eigenvalue weighted by Crippen LogP contribution is 2.20. The van der Waals surface area contributed by atoms with Crippen LogP contribution in [0.3, 0.4) is 0 Å². The van der Waals surface area contributed by atoms with Crippen LogP contribution in [0.1, 0.15) is 21.7 Å². The zero-order chi connectivity index (χ0) is 17.9. The van der Waals surface area contributed by atoms with E-state index in [2.05, 4.69) is 5.32 Å². The van der Waals surface area contributed by atoms with Gasteiger partial charge in [0.05, 0.1) is 23.8 Å². The molecule has 0 unspecified atom stereocenters. The van der Waals surface area contributed by atoms with Gasteiger partial charge in [-0.05, 0) is 39.1 Å². The summed E-state index contributed by atoms with van der Waals surface area (Å²) in [4.78, 5) is 26.2. The van der Waals surface area contributed by atoms with Gasteiger partial charge >= 0.3 is 0 Å². The van der Waals surface area contributed by atoms with E-state index in [1.807, 2.05) is 31.5 Å². The lowest BCUT2D eigenvalue weighted by Gasteiger charge is -2.16. The number of amides is 1. The van der Waals surface area contributed by atoms with Gasteiger partial charge < -0.3 is 9.88 Å². The summed E-state index contributed by atoms with van der Waals surface area (Å²) in [6, 6.07) is 8.93. The third-order valence-electron chi connectivity index (χ3n) is 4.05. The first-order chi connectivity index (χ1) is 11.3. The second-order valence-corrected chi connectivity index (χ2v) is 6.37. The normalized spacial score (nSPS) is 10.9. The first-order valence-electron chi connectivity index (χ1n) is 7.68. The van der Waals surface area contributed by atoms with Crippen LogP contribution < -0.4 is 5.32 Å². The third-order valence-corrected chi connectivity index (χ3v) is 4.38. The highest BCUT2D eigenvalue weighted by atomic mass is 35.5. The quantitative estimate of drug-likeness (QED) is 0.817. The number of anilines is 1. The van der Waals surface area contributed by atoms with Gasteiger partial charge in [-0.1, -0.05) is 23.7 Å². The highest BCUT2D eigenvalue weighted by Gasteiger charge is 2.17. The minimum Gasteiger partial charge on any atom is -0.351 e. The largest absolute Gasteiger partial charge is 0.351 e. The van der Waals surface area contributed by atoms with Crippen molar-refractivity contribution in [1.29, 1.82) is 0 Å². The number of carbonyl (C=O) groups excluding carboxylic acids is 2. The fraction of sp³-hybridized carbons (Fsp3) is 0.333. The molecule has 2 rings (SSSR count). The lowest BCUT2D eigenvalue weighted by atomic mass is 10.1. The fourth-order valence-electron chi connectivity index (χ4n) is 2.52. The first-order valence-corrected chi connectivity index (χ1v) is 8.06. The van der Waals surface area contributed by atoms with Crippen molar-refractivity contribution in [2.75, 3.05) is 25.5 Å². The van der Waals surface area contributed by atoms with Crippen LogP contribution in [0.15, 0.2) is 30.3 Å². The number of aryl methyl sites for hydroxylation is 1. The van der Waals surface area contributed by atoms with Crippen molar-refractivity contribution in [3.63, 3.8) is 0 Å². The molecule has 0 fully saturated rings. The molecule has 1 N–H and O–H groups in total. The van der Waals surface area contributed by atoms with Crippen LogP contribution in [0.4, 0.5) is 5.69 Å². The van der Waals surface area contributed by atoms with Gasteiger partial charge in [-0.2, -0.15) is 0 Å². The van der Waals surface area contributed by atoms with Gasteiger partial charge in [-0.3, -0.25) is 14.5 Å². The summed E-state index contributed by atoms with van der Waals surface area (Å²) >= 11 is 6.02. The molecule has 5 nitrogen and oxygen atoms in total. The smallest absolute Gasteiger partial charge is 0.238 e. The van der Waals surface area contributed by atoms with Crippen molar-refractivity contribution in [1.82, 2.24) is 9.47 Å². The Morgan fingerprint density at radius 3 is 2.46 bits per heavy atom. The average molecular weight is 348 g/mol. The summed E-state index contributed by atoms with van der Waals surface area (Å²) < 4.78 is 1.98. The molecule has 1 aromatic heterocycles. The lowest BCUT2D eigenvalue weighted by molar-refractivity contribution is -0.116. The number of hydrogen-bond donors (Lipinski definition) is 1. The number of aromatic nitrogens is 1. The summed E-state index contributed by atoms with van der Waals surface area (Å²) in [5.74, 6) is -0.205. The Hall–Kier alpha value is -2.11. The molecular formula is C18H22ClN3O2. The van der Waals surface area contributed by atoms with E-state index in [1.165, 1.54) is 0 Å². The van der Waals surface area contributed by atoms with Crippen LogP contribution in [0.25, 0.3) is 0 Å². The minimum atomic E-state index is -0.209. The Bertz CT molecular complexity index is 768. The molecule has 0 aliphatic carbocycles. The molecule has 0 aliphatic rings. The summed E-state index contributed by atoms with van der Waals surface area (Å²) in [6.45, 7) is 4.18. The fourth-order valence-corrected chi connectivity index (χ4v) is 2.70. The van der Waals surface area contributed by atoms with Gasteiger partial charge in [0.1, 0.15) is 0 Å². The van der Waals surface area contributed by atoms with Gasteiger partial charge in [0.25, 0.3) is 0 Å². The Balaban J connectivity index is 1.94. The van der Waals surface area contributed by atoms with Crippen LogP contribution in [0.5, 0.6) is 0 Å². The Morgan fingerprint density at radius 2 is 1.88 bits per heavy atom. The standard InChI is InChI=1S/C18H22ClN3O2/c1-12-9-14(13(2)22(12)4)17(23)10-21(3)11-18(24)20-16-8-6-5-7-15(16)19/h5-9H,10-11H2,1-4H3,(H,20,24). The van der Waals surface area contributed by atoms with Crippen molar-refractivity contribution in [2.45, 2.75) is 13.8 Å². The second-order valence-electron chi connectivity index (χ2n) is 5.97. The zero-order valence-corrected chi connectivity index (χ0v) is 15.1. The molecule has 0 aliphatic heterocycles. The molecule has 0 saturated heterocycles. The second kappa shape index (κ2) is 7.64. The predicted octanol–water partition coefficient (Wildman–Crippen LogP) is 3.05. The van der Waals surface area contributed by atoms with Gasteiger partial charge in [0, 0.05) is 24.0 Å². The van der Waals surface area contributed by atoms with Crippen LogP contribution in [-0.4, -0.2) is 41.3 Å². The molecule has 0 saturated carbocycles. The number of likely N-dealkylation sites (N-methyl/N-ethyl adjacent to an activating group) is 1. The summed E-state index contributed by atoms with van der Waals surface area (Å²) in [5, 5.41) is 3.24. The van der Waals surface area contributed by atoms with E-state index < -0.39 is 0 Å². The SMILES string of the molecule is Cc1cc(C(=O)CN(C)CC(=O)Nc2ccccc2Cl)c(C)n1C. The summed E-state index contributed by atoms with van der Waals surface area (Å²) in [5.41, 5.74) is 3.24. The Kier molecular flexibility index (Phi) is 5.80. The monoisotopic (exact) mass is 347 g/mol. The number of halogens is 1. The number of hydrogen-bond acceptors (Lipinski definition) is 3. The number of nitrogens with zero attached hydrogens (tertiary/aromatic N) is 2. The van der Waals surface area contributed by atoms with Gasteiger partial charge in [0.15, 0.2) is 5.78 Å². The topological polar surface area (TPSA) is 54.3 Å². The summed E-state index contributed by atoms with van der Waals surface area (Å²) in [7, 11) is 3.68. The molecule has 2 aromatic rings. The Morgan fingerprint density at radius 1 is 1.21 bits per heavy atom. The molecule has 6 heteroatoms. The zero-order valence-electron chi connectivity index (χ0n) is 14.4. The van der Waals surface area contributed by atoms with E-state index in [-0.39, 0.29) is 24.8 Å². The predicted molar refractivity (Wildman–Crippen MR) is 96.8 cm³/mol. The molecule has 0 bridgehead atoms. The molecule has 24 heavy (non-hydrogen) atoms. The lowest BCUT2D eigenvalue weighted by Crippen LogP contribution is -2.34. The number of ketones is 1. The van der Waals surface area contributed by atoms with Crippen LogP contribution in [-0.2, 0) is 11.8 Å². The summed E-state index contributed by atoms with van der Waals surface area (Å²) in [6.07, 6.45) is 0. The van der Waals surface area contributed by atoms with Crippen molar-refractivity contribution >= 4 is 29.0 Å². The maximum Gasteiger partial charge on any atom is 0.238 e. The maximum absolute atomic E-state index is 12.4. The van der Waals surface area contributed by atoms with E-state index >= 15 is 0 Å². The molecule has 1 amide bonds. The minimum absolute atomic E-state index is 0.00393. The van der Waals surface area contributed by atoms with Gasteiger partial charge in [0.2, 0.25) is 5.91 Å². The number of carbonyl (C=O) groups is 2. The van der Waals surface area contributed by atoms with E-state index in [1.54, 1.807) is 36.2 Å². The Labute approximate surface area is 147 Å². The first kappa shape index (κ1) is 18.2. The molecule has 0 spiro atoms. The number of benzene rings is 1.